The van der Waals surface area contributed by atoms with Gasteiger partial charge in [-0.25, -0.2) is 4.79 Å². The number of carbonyl (C=O) groups excluding carboxylic acids is 2. The van der Waals surface area contributed by atoms with Crippen molar-refractivity contribution in [2.24, 2.45) is 10.9 Å². The summed E-state index contributed by atoms with van der Waals surface area (Å²) in [5, 5.41) is 0. The lowest BCUT2D eigenvalue weighted by Gasteiger charge is -2.32. The van der Waals surface area contributed by atoms with Crippen molar-refractivity contribution in [2.45, 2.75) is 26.7 Å². The van der Waals surface area contributed by atoms with Crippen molar-refractivity contribution >= 4 is 23.2 Å². The predicted molar refractivity (Wildman–Crippen MR) is 74.8 cm³/mol. The average molecular weight is 258 g/mol. The van der Waals surface area contributed by atoms with Gasteiger partial charge >= 0.3 is 0 Å². The highest BCUT2D eigenvalue weighted by Gasteiger charge is 2.17. The number of ketones is 1. The predicted octanol–water partition coefficient (Wildman–Crippen LogP) is 3.09. The molecule has 1 aromatic rings. The molecule has 0 aliphatic carbocycles. The summed E-state index contributed by atoms with van der Waals surface area (Å²) in [4.78, 5) is 27.8. The Morgan fingerprint density at radius 1 is 1.37 bits per heavy atom. The Morgan fingerprint density at radius 3 is 2.63 bits per heavy atom. The number of nitrogens with zero attached hydrogens (tertiary/aromatic N) is 2. The fourth-order valence-electron chi connectivity index (χ4n) is 2.42. The first-order valence-corrected chi connectivity index (χ1v) is 6.59. The molecule has 1 aromatic carbocycles. The molecule has 0 radical (unpaired) electrons. The molecule has 0 N–H and O–H groups in total. The summed E-state index contributed by atoms with van der Waals surface area (Å²) < 4.78 is 0. The van der Waals surface area contributed by atoms with Crippen molar-refractivity contribution < 1.29 is 9.59 Å². The first-order chi connectivity index (χ1) is 9.11. The number of carbonyl (C=O) groups is 1. The summed E-state index contributed by atoms with van der Waals surface area (Å²) >= 11 is 0. The van der Waals surface area contributed by atoms with Crippen LogP contribution >= 0.6 is 0 Å². The van der Waals surface area contributed by atoms with E-state index in [1.807, 2.05) is 12.1 Å². The smallest absolute Gasteiger partial charge is 0.240 e. The van der Waals surface area contributed by atoms with Crippen LogP contribution in [-0.2, 0) is 4.79 Å². The number of anilines is 1. The van der Waals surface area contributed by atoms with Crippen molar-refractivity contribution in [3.05, 3.63) is 23.8 Å². The van der Waals surface area contributed by atoms with Gasteiger partial charge in [-0.05, 0) is 43.9 Å². The van der Waals surface area contributed by atoms with Gasteiger partial charge in [-0.15, -0.1) is 0 Å². The van der Waals surface area contributed by atoms with Gasteiger partial charge in [0.1, 0.15) is 0 Å². The highest BCUT2D eigenvalue weighted by molar-refractivity contribution is 6.00. The van der Waals surface area contributed by atoms with Crippen LogP contribution in [0.3, 0.4) is 0 Å². The standard InChI is InChI=1S/C15H18N2O2/c1-11-5-7-17(8-6-11)13-3-4-15(16-10-18)14(9-13)12(2)19/h3-4,9,11H,5-8H2,1-2H3. The summed E-state index contributed by atoms with van der Waals surface area (Å²) in [7, 11) is 0. The number of benzene rings is 1. The van der Waals surface area contributed by atoms with Gasteiger partial charge in [-0.2, -0.15) is 4.99 Å². The molecule has 0 spiro atoms. The Bertz CT molecular complexity index is 525. The van der Waals surface area contributed by atoms with Crippen molar-refractivity contribution in [1.29, 1.82) is 0 Å². The molecule has 1 aliphatic heterocycles. The molecule has 2 rings (SSSR count). The molecule has 4 heteroatoms. The van der Waals surface area contributed by atoms with Crippen LogP contribution in [0.25, 0.3) is 0 Å². The lowest BCUT2D eigenvalue weighted by molar-refractivity contribution is 0.101. The largest absolute Gasteiger partial charge is 0.371 e. The van der Waals surface area contributed by atoms with Gasteiger partial charge in [0.2, 0.25) is 6.08 Å². The lowest BCUT2D eigenvalue weighted by atomic mass is 9.98. The van der Waals surface area contributed by atoms with Crippen LogP contribution in [0, 0.1) is 5.92 Å². The van der Waals surface area contributed by atoms with Crippen molar-refractivity contribution in [2.75, 3.05) is 18.0 Å². The van der Waals surface area contributed by atoms with E-state index in [0.717, 1.165) is 24.7 Å². The second-order valence-electron chi connectivity index (χ2n) is 5.13. The Morgan fingerprint density at radius 2 is 2.05 bits per heavy atom. The summed E-state index contributed by atoms with van der Waals surface area (Å²) in [6, 6.07) is 5.46. The van der Waals surface area contributed by atoms with E-state index in [4.69, 9.17) is 0 Å². The van der Waals surface area contributed by atoms with Gasteiger partial charge in [0.15, 0.2) is 5.78 Å². The summed E-state index contributed by atoms with van der Waals surface area (Å²) in [6.07, 6.45) is 3.83. The SMILES string of the molecule is CC(=O)c1cc(N2CCC(C)CC2)ccc1N=C=O. The Balaban J connectivity index is 2.30. The Hall–Kier alpha value is -1.93. The van der Waals surface area contributed by atoms with Crippen LogP contribution in [0.1, 0.15) is 37.0 Å². The van der Waals surface area contributed by atoms with Gasteiger partial charge < -0.3 is 4.90 Å². The van der Waals surface area contributed by atoms with Gasteiger partial charge in [0.05, 0.1) is 5.69 Å². The van der Waals surface area contributed by atoms with Crippen LogP contribution in [0.4, 0.5) is 11.4 Å². The number of isocyanates is 1. The number of hydrogen-bond donors (Lipinski definition) is 0. The molecule has 1 fully saturated rings. The van der Waals surface area contributed by atoms with Gasteiger partial charge in [-0.1, -0.05) is 6.92 Å². The maximum atomic E-state index is 11.6. The van der Waals surface area contributed by atoms with E-state index in [-0.39, 0.29) is 5.78 Å². The quantitative estimate of drug-likeness (QED) is 0.475. The molecule has 0 aromatic heterocycles. The maximum Gasteiger partial charge on any atom is 0.240 e. The molecular weight excluding hydrogens is 240 g/mol. The summed E-state index contributed by atoms with van der Waals surface area (Å²) in [6.45, 7) is 5.77. The van der Waals surface area contributed by atoms with Gasteiger partial charge in [0, 0.05) is 24.3 Å². The molecule has 19 heavy (non-hydrogen) atoms. The van der Waals surface area contributed by atoms with E-state index in [2.05, 4.69) is 16.8 Å². The van der Waals surface area contributed by atoms with E-state index in [9.17, 15) is 9.59 Å². The minimum atomic E-state index is -0.0822. The molecule has 100 valence electrons. The van der Waals surface area contributed by atoms with Crippen molar-refractivity contribution in [3.63, 3.8) is 0 Å². The Kier molecular flexibility index (Phi) is 4.13. The van der Waals surface area contributed by atoms with E-state index in [0.29, 0.717) is 11.3 Å². The van der Waals surface area contributed by atoms with E-state index in [1.165, 1.54) is 25.8 Å². The van der Waals surface area contributed by atoms with Gasteiger partial charge in [-0.3, -0.25) is 4.79 Å². The average Bonchev–Trinajstić information content (AvgIpc) is 2.40. The zero-order valence-electron chi connectivity index (χ0n) is 11.3. The third-order valence-corrected chi connectivity index (χ3v) is 3.67. The van der Waals surface area contributed by atoms with Crippen LogP contribution in [0.15, 0.2) is 23.2 Å². The highest BCUT2D eigenvalue weighted by atomic mass is 16.1. The first kappa shape index (κ1) is 13.5. The number of hydrogen-bond acceptors (Lipinski definition) is 4. The van der Waals surface area contributed by atoms with Crippen LogP contribution in [-0.4, -0.2) is 25.0 Å². The summed E-state index contributed by atoms with van der Waals surface area (Å²) in [5.74, 6) is 0.684. The van der Waals surface area contributed by atoms with Gasteiger partial charge in [0.25, 0.3) is 0 Å². The second-order valence-corrected chi connectivity index (χ2v) is 5.13. The molecule has 1 heterocycles. The Labute approximate surface area is 113 Å². The van der Waals surface area contributed by atoms with Crippen molar-refractivity contribution in [1.82, 2.24) is 0 Å². The van der Waals surface area contributed by atoms with Crippen LogP contribution in [0.2, 0.25) is 0 Å². The number of aliphatic imine (C=N–C) groups is 1. The molecule has 0 bridgehead atoms. The zero-order valence-corrected chi connectivity index (χ0v) is 11.3. The fourth-order valence-corrected chi connectivity index (χ4v) is 2.42. The zero-order chi connectivity index (χ0) is 13.8. The van der Waals surface area contributed by atoms with Crippen LogP contribution < -0.4 is 4.90 Å². The normalized spacial score (nSPS) is 16.0. The number of piperidine rings is 1. The molecule has 1 aliphatic rings. The third-order valence-electron chi connectivity index (χ3n) is 3.67. The topological polar surface area (TPSA) is 49.7 Å². The molecular formula is C15H18N2O2. The van der Waals surface area contributed by atoms with E-state index >= 15 is 0 Å². The molecule has 0 saturated carbocycles. The van der Waals surface area contributed by atoms with E-state index < -0.39 is 0 Å². The second kappa shape index (κ2) is 5.81. The monoisotopic (exact) mass is 258 g/mol. The van der Waals surface area contributed by atoms with Crippen molar-refractivity contribution in [3.8, 4) is 0 Å². The highest BCUT2D eigenvalue weighted by Crippen LogP contribution is 2.28. The van der Waals surface area contributed by atoms with E-state index in [1.54, 1.807) is 6.07 Å². The molecule has 0 atom stereocenters. The molecule has 4 nitrogen and oxygen atoms in total. The van der Waals surface area contributed by atoms with Crippen LogP contribution in [0.5, 0.6) is 0 Å². The molecule has 1 saturated heterocycles. The third kappa shape index (κ3) is 3.09. The number of rotatable bonds is 3. The fraction of sp³-hybridized carbons (Fsp3) is 0.467. The number of Topliss-reactive ketones (excluding diaryl/α,β-unsaturated/α-hetero) is 1. The molecule has 0 unspecified atom stereocenters. The summed E-state index contributed by atoms with van der Waals surface area (Å²) in [5.41, 5.74) is 1.91. The maximum absolute atomic E-state index is 11.6. The first-order valence-electron chi connectivity index (χ1n) is 6.59. The molecule has 0 amide bonds. The minimum absolute atomic E-state index is 0.0822. The lowest BCUT2D eigenvalue weighted by Crippen LogP contribution is -2.32. The minimum Gasteiger partial charge on any atom is -0.371 e.